The Morgan fingerprint density at radius 2 is 1.65 bits per heavy atom. The van der Waals surface area contributed by atoms with Gasteiger partial charge in [-0.25, -0.2) is 0 Å². The Bertz CT molecular complexity index is 656. The van der Waals surface area contributed by atoms with Crippen molar-refractivity contribution in [1.82, 2.24) is 10.6 Å². The molecule has 5 nitrogen and oxygen atoms in total. The van der Waals surface area contributed by atoms with Gasteiger partial charge >= 0.3 is 0 Å². The molecule has 2 aromatic carbocycles. The number of hydrogen-bond acceptors (Lipinski definition) is 3. The van der Waals surface area contributed by atoms with Crippen molar-refractivity contribution in [2.45, 2.75) is 12.8 Å². The summed E-state index contributed by atoms with van der Waals surface area (Å²) in [6.07, 6.45) is 1.12. The predicted molar refractivity (Wildman–Crippen MR) is 88.2 cm³/mol. The van der Waals surface area contributed by atoms with E-state index in [2.05, 4.69) is 10.6 Å². The summed E-state index contributed by atoms with van der Waals surface area (Å²) < 4.78 is 0. The maximum absolute atomic E-state index is 11.8. The number of carbonyl (C=O) groups excluding carboxylic acids is 2. The molecular weight excluding hydrogens is 292 g/mol. The molecule has 120 valence electrons. The molecule has 0 aliphatic heterocycles. The Hall–Kier alpha value is -2.82. The van der Waals surface area contributed by atoms with E-state index in [-0.39, 0.29) is 17.6 Å². The average molecular weight is 312 g/mol. The molecule has 2 aromatic rings. The topological polar surface area (TPSA) is 78.4 Å². The van der Waals surface area contributed by atoms with Crippen LogP contribution in [0.25, 0.3) is 0 Å². The first-order valence-corrected chi connectivity index (χ1v) is 7.53. The van der Waals surface area contributed by atoms with Crippen LogP contribution in [0.3, 0.4) is 0 Å². The maximum Gasteiger partial charge on any atom is 0.251 e. The molecule has 0 saturated carbocycles. The molecule has 2 amide bonds. The molecule has 3 N–H and O–H groups in total. The van der Waals surface area contributed by atoms with E-state index in [4.69, 9.17) is 0 Å². The Morgan fingerprint density at radius 3 is 2.39 bits per heavy atom. The molecule has 0 aromatic heterocycles. The highest BCUT2D eigenvalue weighted by Gasteiger charge is 2.06. The lowest BCUT2D eigenvalue weighted by Gasteiger charge is -2.07. The number of benzene rings is 2. The SMILES string of the molecule is O=C(CCc1ccccc1)NCCNC(=O)c1cccc(O)c1. The molecule has 2 rings (SSSR count). The van der Waals surface area contributed by atoms with Crippen molar-refractivity contribution in [1.29, 1.82) is 0 Å². The van der Waals surface area contributed by atoms with E-state index in [1.807, 2.05) is 30.3 Å². The number of aromatic hydroxyl groups is 1. The number of phenols is 1. The van der Waals surface area contributed by atoms with Gasteiger partial charge in [0.15, 0.2) is 0 Å². The number of hydrogen-bond donors (Lipinski definition) is 3. The minimum Gasteiger partial charge on any atom is -0.508 e. The van der Waals surface area contributed by atoms with Crippen molar-refractivity contribution >= 4 is 11.8 Å². The number of carbonyl (C=O) groups is 2. The first-order valence-electron chi connectivity index (χ1n) is 7.53. The molecule has 0 aliphatic rings. The van der Waals surface area contributed by atoms with Crippen LogP contribution in [0.2, 0.25) is 0 Å². The fraction of sp³-hybridized carbons (Fsp3) is 0.222. The normalized spacial score (nSPS) is 10.1. The molecule has 0 aliphatic carbocycles. The van der Waals surface area contributed by atoms with Gasteiger partial charge in [-0.3, -0.25) is 9.59 Å². The molecule has 0 unspecified atom stereocenters. The van der Waals surface area contributed by atoms with Crippen LogP contribution in [-0.4, -0.2) is 30.0 Å². The highest BCUT2D eigenvalue weighted by Crippen LogP contribution is 2.10. The molecule has 0 bridgehead atoms. The van der Waals surface area contributed by atoms with Crippen LogP contribution in [0.1, 0.15) is 22.3 Å². The van der Waals surface area contributed by atoms with E-state index in [0.717, 1.165) is 5.56 Å². The maximum atomic E-state index is 11.8. The van der Waals surface area contributed by atoms with E-state index in [0.29, 0.717) is 31.5 Å². The van der Waals surface area contributed by atoms with Gasteiger partial charge in [-0.2, -0.15) is 0 Å². The van der Waals surface area contributed by atoms with E-state index in [1.165, 1.54) is 12.1 Å². The second-order valence-corrected chi connectivity index (χ2v) is 5.14. The summed E-state index contributed by atoms with van der Waals surface area (Å²) in [6, 6.07) is 15.9. The molecule has 23 heavy (non-hydrogen) atoms. The van der Waals surface area contributed by atoms with Crippen molar-refractivity contribution in [3.05, 3.63) is 65.7 Å². The van der Waals surface area contributed by atoms with Crippen molar-refractivity contribution in [3.63, 3.8) is 0 Å². The van der Waals surface area contributed by atoms with Gasteiger partial charge in [0.1, 0.15) is 5.75 Å². The highest BCUT2D eigenvalue weighted by molar-refractivity contribution is 5.94. The average Bonchev–Trinajstić information content (AvgIpc) is 2.57. The lowest BCUT2D eigenvalue weighted by Crippen LogP contribution is -2.34. The third kappa shape index (κ3) is 5.82. The zero-order valence-corrected chi connectivity index (χ0v) is 12.8. The van der Waals surface area contributed by atoms with Crippen LogP contribution < -0.4 is 10.6 Å². The predicted octanol–water partition coefficient (Wildman–Crippen LogP) is 1.87. The van der Waals surface area contributed by atoms with Crippen LogP contribution in [0.5, 0.6) is 5.75 Å². The molecule has 0 fully saturated rings. The van der Waals surface area contributed by atoms with E-state index >= 15 is 0 Å². The van der Waals surface area contributed by atoms with Gasteiger partial charge < -0.3 is 15.7 Å². The van der Waals surface area contributed by atoms with E-state index < -0.39 is 0 Å². The second-order valence-electron chi connectivity index (χ2n) is 5.14. The third-order valence-corrected chi connectivity index (χ3v) is 3.32. The first-order chi connectivity index (χ1) is 11.1. The zero-order chi connectivity index (χ0) is 16.5. The summed E-state index contributed by atoms with van der Waals surface area (Å²) in [6.45, 7) is 0.712. The molecule has 0 radical (unpaired) electrons. The molecule has 0 atom stereocenters. The molecule has 0 spiro atoms. The summed E-state index contributed by atoms with van der Waals surface area (Å²) in [4.78, 5) is 23.5. The Labute approximate surface area is 135 Å². The lowest BCUT2D eigenvalue weighted by molar-refractivity contribution is -0.121. The fourth-order valence-corrected chi connectivity index (χ4v) is 2.12. The molecule has 0 heterocycles. The quantitative estimate of drug-likeness (QED) is 0.683. The van der Waals surface area contributed by atoms with Gasteiger partial charge in [-0.05, 0) is 30.2 Å². The monoisotopic (exact) mass is 312 g/mol. The summed E-state index contributed by atoms with van der Waals surface area (Å²) in [5, 5.41) is 14.8. The summed E-state index contributed by atoms with van der Waals surface area (Å²) in [5.41, 5.74) is 1.51. The lowest BCUT2D eigenvalue weighted by atomic mass is 10.1. The van der Waals surface area contributed by atoms with Gasteiger partial charge in [0.2, 0.25) is 5.91 Å². The van der Waals surface area contributed by atoms with Crippen molar-refractivity contribution in [2.75, 3.05) is 13.1 Å². The van der Waals surface area contributed by atoms with Crippen LogP contribution in [0, 0.1) is 0 Å². The smallest absolute Gasteiger partial charge is 0.251 e. The standard InChI is InChI=1S/C18H20N2O3/c21-16-8-4-7-15(13-16)18(23)20-12-11-19-17(22)10-9-14-5-2-1-3-6-14/h1-8,13,21H,9-12H2,(H,19,22)(H,20,23). The second kappa shape index (κ2) is 8.58. The zero-order valence-electron chi connectivity index (χ0n) is 12.8. The number of rotatable bonds is 7. The number of nitrogens with one attached hydrogen (secondary N) is 2. The Balaban J connectivity index is 1.63. The van der Waals surface area contributed by atoms with Crippen molar-refractivity contribution in [2.24, 2.45) is 0 Å². The van der Waals surface area contributed by atoms with Gasteiger partial charge in [-0.15, -0.1) is 0 Å². The van der Waals surface area contributed by atoms with E-state index in [9.17, 15) is 14.7 Å². The molecule has 0 saturated heterocycles. The van der Waals surface area contributed by atoms with Gasteiger partial charge in [0, 0.05) is 25.1 Å². The van der Waals surface area contributed by atoms with Crippen LogP contribution in [0.15, 0.2) is 54.6 Å². The van der Waals surface area contributed by atoms with Gasteiger partial charge in [0.25, 0.3) is 5.91 Å². The Kier molecular flexibility index (Phi) is 6.17. The van der Waals surface area contributed by atoms with Crippen LogP contribution in [-0.2, 0) is 11.2 Å². The summed E-state index contributed by atoms with van der Waals surface area (Å²) >= 11 is 0. The first kappa shape index (κ1) is 16.5. The van der Waals surface area contributed by atoms with Crippen molar-refractivity contribution in [3.8, 4) is 5.75 Å². The fourth-order valence-electron chi connectivity index (χ4n) is 2.12. The number of amides is 2. The molecule has 5 heteroatoms. The van der Waals surface area contributed by atoms with Crippen LogP contribution >= 0.6 is 0 Å². The number of phenolic OH excluding ortho intramolecular Hbond substituents is 1. The van der Waals surface area contributed by atoms with E-state index in [1.54, 1.807) is 12.1 Å². The number of aryl methyl sites for hydroxylation is 1. The third-order valence-electron chi connectivity index (χ3n) is 3.32. The van der Waals surface area contributed by atoms with Crippen molar-refractivity contribution < 1.29 is 14.7 Å². The Morgan fingerprint density at radius 1 is 0.913 bits per heavy atom. The minimum atomic E-state index is -0.278. The largest absolute Gasteiger partial charge is 0.508 e. The van der Waals surface area contributed by atoms with Crippen LogP contribution in [0.4, 0.5) is 0 Å². The van der Waals surface area contributed by atoms with Gasteiger partial charge in [0.05, 0.1) is 0 Å². The minimum absolute atomic E-state index is 0.0412. The highest BCUT2D eigenvalue weighted by atomic mass is 16.3. The summed E-state index contributed by atoms with van der Waals surface area (Å²) in [5.74, 6) is -0.272. The summed E-state index contributed by atoms with van der Waals surface area (Å²) in [7, 11) is 0. The molecular formula is C18H20N2O3. The van der Waals surface area contributed by atoms with Gasteiger partial charge in [-0.1, -0.05) is 36.4 Å².